The van der Waals surface area contributed by atoms with Crippen LogP contribution in [0.2, 0.25) is 0 Å². The number of carbonyl (C=O) groups excluding carboxylic acids is 3. The van der Waals surface area contributed by atoms with E-state index in [0.717, 1.165) is 29.2 Å². The van der Waals surface area contributed by atoms with Gasteiger partial charge in [-0.3, -0.25) is 24.0 Å². The van der Waals surface area contributed by atoms with Crippen molar-refractivity contribution in [2.24, 2.45) is 0 Å². The summed E-state index contributed by atoms with van der Waals surface area (Å²) in [6.45, 7) is -0.519. The number of rotatable bonds is 7. The lowest BCUT2D eigenvalue weighted by Gasteiger charge is -2.16. The van der Waals surface area contributed by atoms with Gasteiger partial charge in [-0.1, -0.05) is 12.1 Å². The first-order chi connectivity index (χ1) is 16.2. The van der Waals surface area contributed by atoms with Crippen molar-refractivity contribution in [3.63, 3.8) is 0 Å². The number of carbonyl (C=O) groups is 3. The van der Waals surface area contributed by atoms with E-state index in [1.165, 1.54) is 37.4 Å². The van der Waals surface area contributed by atoms with E-state index in [4.69, 9.17) is 4.74 Å². The molecule has 3 aromatic rings. The largest absolute Gasteiger partial charge is 0.495 e. The number of hydrogen-bond acceptors (Lipinski definition) is 6. The van der Waals surface area contributed by atoms with Gasteiger partial charge < -0.3 is 10.1 Å². The van der Waals surface area contributed by atoms with Crippen LogP contribution in [0.25, 0.3) is 0 Å². The van der Waals surface area contributed by atoms with Crippen LogP contribution in [0.5, 0.6) is 5.75 Å². The topological polar surface area (TPSA) is 122 Å². The van der Waals surface area contributed by atoms with Gasteiger partial charge in [0.05, 0.1) is 28.8 Å². The fraction of sp³-hybridized carbons (Fsp3) is 0.0870. The van der Waals surface area contributed by atoms with Gasteiger partial charge in [-0.15, -0.1) is 0 Å². The second-order valence-corrected chi connectivity index (χ2v) is 8.95. The maximum absolute atomic E-state index is 13.1. The highest BCUT2D eigenvalue weighted by Gasteiger charge is 2.36. The molecular formula is C23H18FN3O6S. The van der Waals surface area contributed by atoms with E-state index in [9.17, 15) is 27.2 Å². The Balaban J connectivity index is 1.51. The predicted octanol–water partition coefficient (Wildman–Crippen LogP) is 2.87. The normalized spacial score (nSPS) is 12.9. The predicted molar refractivity (Wildman–Crippen MR) is 121 cm³/mol. The number of imide groups is 1. The molecule has 0 aromatic heterocycles. The molecule has 0 atom stereocenters. The second-order valence-electron chi connectivity index (χ2n) is 7.26. The molecule has 2 N–H and O–H groups in total. The van der Waals surface area contributed by atoms with Gasteiger partial charge in [0.15, 0.2) is 0 Å². The third kappa shape index (κ3) is 4.46. The number of nitrogens with one attached hydrogen (secondary N) is 2. The monoisotopic (exact) mass is 483 g/mol. The number of amides is 3. The number of benzene rings is 3. The Morgan fingerprint density at radius 1 is 0.971 bits per heavy atom. The molecule has 3 aromatic carbocycles. The summed E-state index contributed by atoms with van der Waals surface area (Å²) in [6.07, 6.45) is 0. The molecule has 0 aliphatic carbocycles. The highest BCUT2D eigenvalue weighted by Crippen LogP contribution is 2.30. The zero-order chi connectivity index (χ0) is 24.5. The van der Waals surface area contributed by atoms with Crippen molar-refractivity contribution < 1.29 is 31.9 Å². The van der Waals surface area contributed by atoms with Crippen LogP contribution in [0, 0.1) is 5.82 Å². The van der Waals surface area contributed by atoms with E-state index in [-0.39, 0.29) is 33.1 Å². The number of nitrogens with zero attached hydrogens (tertiary/aromatic N) is 1. The average Bonchev–Trinajstić information content (AvgIpc) is 3.04. The molecule has 4 rings (SSSR count). The standard InChI is InChI=1S/C23H18FN3O6S/c1-33-20-11-8-15(12-19(20)26-34(31,32)16-9-6-14(24)7-10-16)25-21(28)13-27-22(29)17-4-2-3-5-18(17)23(27)30/h2-12,26H,13H2,1H3,(H,25,28). The van der Waals surface area contributed by atoms with Crippen LogP contribution < -0.4 is 14.8 Å². The van der Waals surface area contributed by atoms with Crippen molar-refractivity contribution in [1.82, 2.24) is 4.90 Å². The van der Waals surface area contributed by atoms with Crippen LogP contribution in [0.1, 0.15) is 20.7 Å². The molecule has 0 radical (unpaired) electrons. The summed E-state index contributed by atoms with van der Waals surface area (Å²) in [7, 11) is -2.74. The Morgan fingerprint density at radius 2 is 1.59 bits per heavy atom. The summed E-state index contributed by atoms with van der Waals surface area (Å²) in [5, 5.41) is 2.54. The average molecular weight is 483 g/mol. The van der Waals surface area contributed by atoms with Gasteiger partial charge in [-0.05, 0) is 54.6 Å². The molecule has 9 nitrogen and oxygen atoms in total. The number of anilines is 2. The lowest BCUT2D eigenvalue weighted by Crippen LogP contribution is -2.37. The summed E-state index contributed by atoms with van der Waals surface area (Å²) < 4.78 is 46.0. The first kappa shape index (κ1) is 22.9. The number of methoxy groups -OCH3 is 1. The minimum Gasteiger partial charge on any atom is -0.495 e. The molecule has 0 spiro atoms. The van der Waals surface area contributed by atoms with E-state index in [2.05, 4.69) is 10.0 Å². The van der Waals surface area contributed by atoms with Crippen molar-refractivity contribution in [3.8, 4) is 5.75 Å². The molecule has 0 saturated carbocycles. The third-order valence-electron chi connectivity index (χ3n) is 5.03. The quantitative estimate of drug-likeness (QED) is 0.499. The summed E-state index contributed by atoms with van der Waals surface area (Å²) in [4.78, 5) is 38.1. The minimum absolute atomic E-state index is 0.0188. The van der Waals surface area contributed by atoms with Crippen LogP contribution in [0.15, 0.2) is 71.6 Å². The molecule has 0 saturated heterocycles. The molecule has 174 valence electrons. The SMILES string of the molecule is COc1ccc(NC(=O)CN2C(=O)c3ccccc3C2=O)cc1NS(=O)(=O)c1ccc(F)cc1. The van der Waals surface area contributed by atoms with Crippen LogP contribution in [0.3, 0.4) is 0 Å². The molecule has 11 heteroatoms. The number of sulfonamides is 1. The fourth-order valence-electron chi connectivity index (χ4n) is 3.41. The number of ether oxygens (including phenoxy) is 1. The summed E-state index contributed by atoms with van der Waals surface area (Å²) in [5.41, 5.74) is 0.661. The summed E-state index contributed by atoms with van der Waals surface area (Å²) >= 11 is 0. The van der Waals surface area contributed by atoms with Crippen LogP contribution in [-0.2, 0) is 14.8 Å². The van der Waals surface area contributed by atoms with E-state index in [0.29, 0.717) is 0 Å². The van der Waals surface area contributed by atoms with E-state index in [1.807, 2.05) is 0 Å². The van der Waals surface area contributed by atoms with E-state index in [1.54, 1.807) is 12.1 Å². The van der Waals surface area contributed by atoms with Gasteiger partial charge in [0.25, 0.3) is 21.8 Å². The number of fused-ring (bicyclic) bond motifs is 1. The summed E-state index contributed by atoms with van der Waals surface area (Å²) in [5.74, 6) is -2.22. The lowest BCUT2D eigenvalue weighted by molar-refractivity contribution is -0.116. The van der Waals surface area contributed by atoms with Gasteiger partial charge in [-0.2, -0.15) is 0 Å². The second kappa shape index (κ2) is 8.94. The fourth-order valence-corrected chi connectivity index (χ4v) is 4.47. The van der Waals surface area contributed by atoms with Crippen LogP contribution in [0.4, 0.5) is 15.8 Å². The number of hydrogen-bond donors (Lipinski definition) is 2. The molecule has 1 aliphatic heterocycles. The van der Waals surface area contributed by atoms with E-state index >= 15 is 0 Å². The van der Waals surface area contributed by atoms with Crippen molar-refractivity contribution in [2.45, 2.75) is 4.90 Å². The van der Waals surface area contributed by atoms with Crippen LogP contribution in [-0.4, -0.2) is 44.7 Å². The Labute approximate surface area is 194 Å². The highest BCUT2D eigenvalue weighted by atomic mass is 32.2. The van der Waals surface area contributed by atoms with Gasteiger partial charge in [0.2, 0.25) is 5.91 Å². The number of halogens is 1. The molecule has 34 heavy (non-hydrogen) atoms. The maximum atomic E-state index is 13.1. The zero-order valence-corrected chi connectivity index (χ0v) is 18.6. The Hall–Kier alpha value is -4.25. The molecule has 0 fully saturated rings. The van der Waals surface area contributed by atoms with E-state index < -0.39 is 40.1 Å². The van der Waals surface area contributed by atoms with Crippen molar-refractivity contribution in [1.29, 1.82) is 0 Å². The van der Waals surface area contributed by atoms with Crippen molar-refractivity contribution in [2.75, 3.05) is 23.7 Å². The van der Waals surface area contributed by atoms with Gasteiger partial charge in [0.1, 0.15) is 18.1 Å². The molecule has 1 heterocycles. The minimum atomic E-state index is -4.08. The zero-order valence-electron chi connectivity index (χ0n) is 17.7. The molecular weight excluding hydrogens is 465 g/mol. The molecule has 1 aliphatic rings. The first-order valence-corrected chi connectivity index (χ1v) is 11.4. The lowest BCUT2D eigenvalue weighted by atomic mass is 10.1. The summed E-state index contributed by atoms with van der Waals surface area (Å²) in [6, 6.07) is 14.7. The van der Waals surface area contributed by atoms with Gasteiger partial charge in [0, 0.05) is 5.69 Å². The van der Waals surface area contributed by atoms with Crippen molar-refractivity contribution >= 4 is 39.1 Å². The van der Waals surface area contributed by atoms with Gasteiger partial charge >= 0.3 is 0 Å². The Bertz CT molecular complexity index is 1370. The maximum Gasteiger partial charge on any atom is 0.262 e. The Morgan fingerprint density at radius 3 is 2.18 bits per heavy atom. The smallest absolute Gasteiger partial charge is 0.262 e. The molecule has 3 amide bonds. The van der Waals surface area contributed by atoms with Crippen molar-refractivity contribution in [3.05, 3.63) is 83.7 Å². The Kier molecular flexibility index (Phi) is 6.03. The van der Waals surface area contributed by atoms with Gasteiger partial charge in [-0.25, -0.2) is 12.8 Å². The third-order valence-corrected chi connectivity index (χ3v) is 6.41. The first-order valence-electron chi connectivity index (χ1n) is 9.91. The molecule has 0 unspecified atom stereocenters. The molecule has 0 bridgehead atoms. The highest BCUT2D eigenvalue weighted by molar-refractivity contribution is 7.92. The van der Waals surface area contributed by atoms with Crippen LogP contribution >= 0.6 is 0 Å².